The van der Waals surface area contributed by atoms with Crippen molar-refractivity contribution in [3.8, 4) is 0 Å². The fraction of sp³-hybridized carbons (Fsp3) is 0.850. The molecule has 0 rings (SSSR count). The Morgan fingerprint density at radius 2 is 1.37 bits per heavy atom. The van der Waals surface area contributed by atoms with E-state index in [0.717, 1.165) is 19.3 Å². The van der Waals surface area contributed by atoms with Crippen LogP contribution in [0.25, 0.3) is 0 Å². The first kappa shape index (κ1) is 25.4. The molecule has 0 bridgehead atoms. The molecule has 0 aromatic heterocycles. The van der Waals surface area contributed by atoms with E-state index in [-0.39, 0.29) is 12.4 Å². The summed E-state index contributed by atoms with van der Waals surface area (Å²) in [4.78, 5) is 27.2. The fourth-order valence-electron chi connectivity index (χ4n) is 2.81. The van der Waals surface area contributed by atoms with E-state index in [2.05, 4.69) is 11.9 Å². The van der Waals surface area contributed by atoms with E-state index in [1.807, 2.05) is 0 Å². The standard InChI is InChI=1S/C20H40N4O3/c1-2-3-4-5-6-7-8-9-10-11-12-15-18(25)27-19(26)17(21)14-13-16-24-20(22)23/h17H,2-16,21H2,1H3,(H4,22,23,24)/t17-/m0/s1. The number of esters is 2. The van der Waals surface area contributed by atoms with Crippen molar-refractivity contribution in [3.63, 3.8) is 0 Å². The molecule has 0 saturated heterocycles. The molecule has 1 atom stereocenters. The average Bonchev–Trinajstić information content (AvgIpc) is 2.62. The summed E-state index contributed by atoms with van der Waals surface area (Å²) in [5, 5.41) is 0. The van der Waals surface area contributed by atoms with E-state index in [1.165, 1.54) is 51.4 Å². The SMILES string of the molecule is CCCCCCCCCCCCCC(=O)OC(=O)[C@@H](N)CCCN=C(N)N. The lowest BCUT2D eigenvalue weighted by atomic mass is 10.1. The van der Waals surface area contributed by atoms with Crippen molar-refractivity contribution in [2.45, 2.75) is 103 Å². The van der Waals surface area contributed by atoms with Crippen molar-refractivity contribution in [1.29, 1.82) is 0 Å². The van der Waals surface area contributed by atoms with Gasteiger partial charge in [-0.1, -0.05) is 71.1 Å². The molecule has 0 aliphatic rings. The van der Waals surface area contributed by atoms with Gasteiger partial charge in [-0.05, 0) is 19.3 Å². The maximum Gasteiger partial charge on any atom is 0.330 e. The number of nitrogens with zero attached hydrogens (tertiary/aromatic N) is 1. The van der Waals surface area contributed by atoms with Gasteiger partial charge in [0.15, 0.2) is 5.96 Å². The fourth-order valence-corrected chi connectivity index (χ4v) is 2.81. The van der Waals surface area contributed by atoms with E-state index < -0.39 is 18.0 Å². The second kappa shape index (κ2) is 17.8. The van der Waals surface area contributed by atoms with Crippen molar-refractivity contribution in [3.05, 3.63) is 0 Å². The number of rotatable bonds is 17. The molecule has 0 aromatic carbocycles. The van der Waals surface area contributed by atoms with Crippen LogP contribution in [0, 0.1) is 0 Å². The number of ether oxygens (including phenoxy) is 1. The first-order valence-corrected chi connectivity index (χ1v) is 10.5. The highest BCUT2D eigenvalue weighted by Gasteiger charge is 2.18. The number of carbonyl (C=O) groups excluding carboxylic acids is 2. The number of unbranched alkanes of at least 4 members (excludes halogenated alkanes) is 10. The minimum atomic E-state index is -0.819. The van der Waals surface area contributed by atoms with E-state index in [0.29, 0.717) is 19.4 Å². The lowest BCUT2D eigenvalue weighted by Crippen LogP contribution is -2.34. The molecule has 7 nitrogen and oxygen atoms in total. The Bertz CT molecular complexity index is 423. The summed E-state index contributed by atoms with van der Waals surface area (Å²) < 4.78 is 4.79. The molecular formula is C20H40N4O3. The van der Waals surface area contributed by atoms with Gasteiger partial charge in [-0.25, -0.2) is 4.79 Å². The third-order valence-electron chi connectivity index (χ3n) is 4.47. The monoisotopic (exact) mass is 384 g/mol. The van der Waals surface area contributed by atoms with Crippen molar-refractivity contribution in [2.24, 2.45) is 22.2 Å². The van der Waals surface area contributed by atoms with Gasteiger partial charge in [-0.2, -0.15) is 0 Å². The van der Waals surface area contributed by atoms with Gasteiger partial charge >= 0.3 is 11.9 Å². The normalized spacial score (nSPS) is 11.8. The second-order valence-electron chi connectivity index (χ2n) is 7.13. The van der Waals surface area contributed by atoms with E-state index in [4.69, 9.17) is 21.9 Å². The molecule has 0 aliphatic carbocycles. The van der Waals surface area contributed by atoms with Crippen LogP contribution in [-0.4, -0.2) is 30.5 Å². The van der Waals surface area contributed by atoms with E-state index >= 15 is 0 Å². The molecule has 0 fully saturated rings. The van der Waals surface area contributed by atoms with Crippen LogP contribution in [0.5, 0.6) is 0 Å². The lowest BCUT2D eigenvalue weighted by molar-refractivity contribution is -0.160. The third kappa shape index (κ3) is 17.5. The number of aliphatic imine (C=N–C) groups is 1. The van der Waals surface area contributed by atoms with Crippen LogP contribution in [-0.2, 0) is 14.3 Å². The van der Waals surface area contributed by atoms with Crippen LogP contribution >= 0.6 is 0 Å². The molecule has 7 heteroatoms. The number of hydrogen-bond donors (Lipinski definition) is 3. The van der Waals surface area contributed by atoms with Crippen molar-refractivity contribution in [2.75, 3.05) is 6.54 Å². The maximum absolute atomic E-state index is 11.7. The quantitative estimate of drug-likeness (QED) is 0.116. The van der Waals surface area contributed by atoms with Crippen LogP contribution in [0.4, 0.5) is 0 Å². The van der Waals surface area contributed by atoms with Crippen LogP contribution in [0.3, 0.4) is 0 Å². The zero-order valence-corrected chi connectivity index (χ0v) is 17.1. The highest BCUT2D eigenvalue weighted by atomic mass is 16.6. The first-order valence-electron chi connectivity index (χ1n) is 10.5. The van der Waals surface area contributed by atoms with Gasteiger partial charge < -0.3 is 21.9 Å². The number of guanidine groups is 1. The Hall–Kier alpha value is -1.63. The van der Waals surface area contributed by atoms with Crippen molar-refractivity contribution in [1.82, 2.24) is 0 Å². The molecule has 0 saturated carbocycles. The lowest BCUT2D eigenvalue weighted by Gasteiger charge is -2.09. The molecule has 0 amide bonds. The molecule has 0 unspecified atom stereocenters. The Balaban J connectivity index is 3.54. The molecule has 27 heavy (non-hydrogen) atoms. The third-order valence-corrected chi connectivity index (χ3v) is 4.47. The maximum atomic E-state index is 11.7. The highest BCUT2D eigenvalue weighted by molar-refractivity contribution is 5.88. The van der Waals surface area contributed by atoms with Gasteiger partial charge in [0.25, 0.3) is 0 Å². The molecule has 0 heterocycles. The topological polar surface area (TPSA) is 134 Å². The van der Waals surface area contributed by atoms with E-state index in [1.54, 1.807) is 0 Å². The second-order valence-corrected chi connectivity index (χ2v) is 7.13. The van der Waals surface area contributed by atoms with Gasteiger partial charge in [-0.15, -0.1) is 0 Å². The zero-order valence-electron chi connectivity index (χ0n) is 17.1. The zero-order chi connectivity index (χ0) is 20.3. The summed E-state index contributed by atoms with van der Waals surface area (Å²) >= 11 is 0. The predicted octanol–water partition coefficient (Wildman–Crippen LogP) is 3.14. The van der Waals surface area contributed by atoms with Gasteiger partial charge in [0.2, 0.25) is 0 Å². The Morgan fingerprint density at radius 1 is 0.852 bits per heavy atom. The smallest absolute Gasteiger partial charge is 0.330 e. The first-order chi connectivity index (χ1) is 13.0. The number of carbonyl (C=O) groups is 2. The van der Waals surface area contributed by atoms with Crippen LogP contribution in [0.2, 0.25) is 0 Å². The molecule has 158 valence electrons. The number of hydrogen-bond acceptors (Lipinski definition) is 5. The summed E-state index contributed by atoms with van der Waals surface area (Å²) in [7, 11) is 0. The largest absolute Gasteiger partial charge is 0.392 e. The summed E-state index contributed by atoms with van der Waals surface area (Å²) in [6.45, 7) is 2.63. The molecule has 0 aromatic rings. The van der Waals surface area contributed by atoms with Gasteiger partial charge in [0.1, 0.15) is 6.04 Å². The van der Waals surface area contributed by atoms with Crippen molar-refractivity contribution < 1.29 is 14.3 Å². The minimum absolute atomic E-state index is 0.00768. The summed E-state index contributed by atoms with van der Waals surface area (Å²) in [5.74, 6) is -1.16. The van der Waals surface area contributed by atoms with Gasteiger partial charge in [0.05, 0.1) is 0 Å². The van der Waals surface area contributed by atoms with Crippen LogP contribution in [0.15, 0.2) is 4.99 Å². The molecule has 0 spiro atoms. The summed E-state index contributed by atoms with van der Waals surface area (Å²) in [6.07, 6.45) is 14.5. The number of nitrogens with two attached hydrogens (primary N) is 3. The summed E-state index contributed by atoms with van der Waals surface area (Å²) in [5.41, 5.74) is 16.1. The predicted molar refractivity (Wildman–Crippen MR) is 110 cm³/mol. The molecule has 0 radical (unpaired) electrons. The molecule has 6 N–H and O–H groups in total. The van der Waals surface area contributed by atoms with Crippen molar-refractivity contribution >= 4 is 17.9 Å². The Labute approximate surface area is 164 Å². The molecule has 0 aliphatic heterocycles. The minimum Gasteiger partial charge on any atom is -0.392 e. The Morgan fingerprint density at radius 3 is 1.89 bits per heavy atom. The molecular weight excluding hydrogens is 344 g/mol. The van der Waals surface area contributed by atoms with Crippen LogP contribution in [0.1, 0.15) is 96.8 Å². The summed E-state index contributed by atoms with van der Waals surface area (Å²) in [6, 6.07) is -0.819. The average molecular weight is 385 g/mol. The van der Waals surface area contributed by atoms with Gasteiger partial charge in [-0.3, -0.25) is 9.79 Å². The highest BCUT2D eigenvalue weighted by Crippen LogP contribution is 2.12. The van der Waals surface area contributed by atoms with Crippen LogP contribution < -0.4 is 17.2 Å². The van der Waals surface area contributed by atoms with Gasteiger partial charge in [0, 0.05) is 13.0 Å². The Kier molecular flexibility index (Phi) is 16.7. The van der Waals surface area contributed by atoms with E-state index in [9.17, 15) is 9.59 Å².